The highest BCUT2D eigenvalue weighted by atomic mass is 35.5. The number of imidazole rings is 1. The van der Waals surface area contributed by atoms with E-state index in [4.69, 9.17) is 23.8 Å². The molecule has 152 valence electrons. The van der Waals surface area contributed by atoms with Gasteiger partial charge in [0, 0.05) is 30.2 Å². The molecule has 0 bridgehead atoms. The first-order chi connectivity index (χ1) is 14.0. The number of aromatic nitrogens is 2. The Morgan fingerprint density at radius 1 is 1.21 bits per heavy atom. The maximum atomic E-state index is 12.4. The van der Waals surface area contributed by atoms with Gasteiger partial charge >= 0.3 is 5.69 Å². The van der Waals surface area contributed by atoms with E-state index in [1.54, 1.807) is 0 Å². The summed E-state index contributed by atoms with van der Waals surface area (Å²) in [6, 6.07) is 16.2. The van der Waals surface area contributed by atoms with E-state index >= 15 is 0 Å². The molecule has 1 saturated heterocycles. The average molecular weight is 429 g/mol. The molecule has 1 unspecified atom stereocenters. The Kier molecular flexibility index (Phi) is 5.92. The highest BCUT2D eigenvalue weighted by molar-refractivity contribution is 7.80. The van der Waals surface area contributed by atoms with E-state index in [2.05, 4.69) is 22.1 Å². The van der Waals surface area contributed by atoms with Crippen LogP contribution in [0, 0.1) is 0 Å². The van der Waals surface area contributed by atoms with Gasteiger partial charge in [-0.3, -0.25) is 4.57 Å². The number of likely N-dealkylation sites (tertiary alicyclic amines) is 1. The minimum absolute atomic E-state index is 0.0260. The van der Waals surface area contributed by atoms with Crippen molar-refractivity contribution in [1.82, 2.24) is 19.8 Å². The number of rotatable bonds is 4. The summed E-state index contributed by atoms with van der Waals surface area (Å²) >= 11 is 11.6. The zero-order valence-corrected chi connectivity index (χ0v) is 18.0. The van der Waals surface area contributed by atoms with Crippen LogP contribution in [0.15, 0.2) is 53.3 Å². The number of hydrogen-bond acceptors (Lipinski definition) is 2. The fourth-order valence-corrected chi connectivity index (χ4v) is 4.60. The van der Waals surface area contributed by atoms with Crippen LogP contribution in [0.1, 0.15) is 31.4 Å². The van der Waals surface area contributed by atoms with Crippen LogP contribution in [0.3, 0.4) is 0 Å². The first-order valence-electron chi connectivity index (χ1n) is 10.0. The van der Waals surface area contributed by atoms with E-state index in [0.29, 0.717) is 0 Å². The summed E-state index contributed by atoms with van der Waals surface area (Å²) in [7, 11) is 0. The van der Waals surface area contributed by atoms with Crippen molar-refractivity contribution in [2.24, 2.45) is 0 Å². The number of benzene rings is 2. The molecule has 0 aliphatic carbocycles. The van der Waals surface area contributed by atoms with Crippen LogP contribution >= 0.6 is 23.8 Å². The van der Waals surface area contributed by atoms with E-state index in [9.17, 15) is 4.79 Å². The molecule has 2 N–H and O–H groups in total. The van der Waals surface area contributed by atoms with E-state index in [0.717, 1.165) is 53.5 Å². The summed E-state index contributed by atoms with van der Waals surface area (Å²) < 4.78 is 1.91. The lowest BCUT2D eigenvalue weighted by Crippen LogP contribution is -2.48. The number of aromatic amines is 1. The Labute approximate surface area is 180 Å². The predicted octanol–water partition coefficient (Wildman–Crippen LogP) is 4.13. The molecule has 0 radical (unpaired) electrons. The highest BCUT2D eigenvalue weighted by Gasteiger charge is 2.25. The summed E-state index contributed by atoms with van der Waals surface area (Å²) in [5, 5.41) is 4.99. The molecule has 1 atom stereocenters. The van der Waals surface area contributed by atoms with Crippen molar-refractivity contribution in [3.63, 3.8) is 0 Å². The van der Waals surface area contributed by atoms with E-state index in [1.807, 2.05) is 53.1 Å². The number of nitrogens with one attached hydrogen (secondary N) is 2. The largest absolute Gasteiger partial charge is 0.360 e. The van der Waals surface area contributed by atoms with Crippen molar-refractivity contribution in [2.45, 2.75) is 38.3 Å². The van der Waals surface area contributed by atoms with Gasteiger partial charge in [-0.2, -0.15) is 0 Å². The standard InChI is InChI=1S/C22H25ClN4OS/c1-15(14-16-6-8-17(23)9-7-16)24-22(29)26-12-10-18(11-13-26)27-20-5-3-2-4-19(20)25-21(27)28/h2-9,15,18H,10-14H2,1H3,(H,24,29)(H,25,28). The molecule has 2 aromatic carbocycles. The molecule has 1 aromatic heterocycles. The fraction of sp³-hybridized carbons (Fsp3) is 0.364. The minimum atomic E-state index is -0.0260. The summed E-state index contributed by atoms with van der Waals surface area (Å²) in [5.41, 5.74) is 3.08. The second-order valence-corrected chi connectivity index (χ2v) is 8.54. The molecule has 29 heavy (non-hydrogen) atoms. The van der Waals surface area contributed by atoms with Crippen molar-refractivity contribution in [2.75, 3.05) is 13.1 Å². The Hall–Kier alpha value is -2.31. The van der Waals surface area contributed by atoms with E-state index in [-0.39, 0.29) is 17.8 Å². The Balaban J connectivity index is 1.34. The van der Waals surface area contributed by atoms with Crippen LogP contribution in [0.2, 0.25) is 5.02 Å². The number of piperidine rings is 1. The lowest BCUT2D eigenvalue weighted by Gasteiger charge is -2.35. The van der Waals surface area contributed by atoms with Gasteiger partial charge in [-0.25, -0.2) is 4.79 Å². The van der Waals surface area contributed by atoms with Gasteiger partial charge in [0.15, 0.2) is 5.11 Å². The van der Waals surface area contributed by atoms with Crippen LogP contribution in [-0.4, -0.2) is 38.7 Å². The summed E-state index contributed by atoms with van der Waals surface area (Å²) in [6.07, 6.45) is 2.68. The summed E-state index contributed by atoms with van der Waals surface area (Å²) in [6.45, 7) is 3.82. The van der Waals surface area contributed by atoms with Crippen LogP contribution < -0.4 is 11.0 Å². The molecule has 7 heteroatoms. The second-order valence-electron chi connectivity index (χ2n) is 7.72. The molecule has 1 aliphatic rings. The number of fused-ring (bicyclic) bond motifs is 1. The van der Waals surface area contributed by atoms with E-state index < -0.39 is 0 Å². The van der Waals surface area contributed by atoms with Crippen molar-refractivity contribution in [1.29, 1.82) is 0 Å². The summed E-state index contributed by atoms with van der Waals surface area (Å²) in [5.74, 6) is 0. The van der Waals surface area contributed by atoms with Gasteiger partial charge in [-0.05, 0) is 68.2 Å². The quantitative estimate of drug-likeness (QED) is 0.613. The molecule has 0 saturated carbocycles. The highest BCUT2D eigenvalue weighted by Crippen LogP contribution is 2.25. The average Bonchev–Trinajstić information content (AvgIpc) is 3.05. The normalized spacial score (nSPS) is 16.1. The predicted molar refractivity (Wildman–Crippen MR) is 123 cm³/mol. The van der Waals surface area contributed by atoms with Gasteiger partial charge < -0.3 is 15.2 Å². The molecule has 1 fully saturated rings. The number of H-pyrrole nitrogens is 1. The number of para-hydroxylation sites is 2. The third kappa shape index (κ3) is 4.49. The van der Waals surface area contributed by atoms with Crippen molar-refractivity contribution in [3.8, 4) is 0 Å². The second kappa shape index (κ2) is 8.59. The topological polar surface area (TPSA) is 53.1 Å². The molecular weight excluding hydrogens is 404 g/mol. The van der Waals surface area contributed by atoms with Crippen LogP contribution in [-0.2, 0) is 6.42 Å². The van der Waals surface area contributed by atoms with Gasteiger partial charge in [-0.1, -0.05) is 35.9 Å². The van der Waals surface area contributed by atoms with Gasteiger partial charge in [0.05, 0.1) is 11.0 Å². The smallest absolute Gasteiger partial charge is 0.326 e. The van der Waals surface area contributed by atoms with E-state index in [1.165, 1.54) is 5.56 Å². The number of hydrogen-bond donors (Lipinski definition) is 2. The Morgan fingerprint density at radius 3 is 2.62 bits per heavy atom. The monoisotopic (exact) mass is 428 g/mol. The molecule has 0 amide bonds. The lowest BCUT2D eigenvalue weighted by molar-refractivity contribution is 0.263. The van der Waals surface area contributed by atoms with Crippen LogP contribution in [0.5, 0.6) is 0 Å². The lowest BCUT2D eigenvalue weighted by atomic mass is 10.0. The summed E-state index contributed by atoms with van der Waals surface area (Å²) in [4.78, 5) is 17.6. The third-order valence-corrected chi connectivity index (χ3v) is 6.19. The minimum Gasteiger partial charge on any atom is -0.360 e. The van der Waals surface area contributed by atoms with Crippen molar-refractivity contribution < 1.29 is 0 Å². The number of halogens is 1. The molecule has 1 aliphatic heterocycles. The molecule has 0 spiro atoms. The first kappa shape index (κ1) is 20.0. The zero-order valence-electron chi connectivity index (χ0n) is 16.4. The van der Waals surface area contributed by atoms with Crippen molar-refractivity contribution in [3.05, 3.63) is 69.6 Å². The molecule has 5 nitrogen and oxygen atoms in total. The third-order valence-electron chi connectivity index (χ3n) is 5.57. The number of nitrogens with zero attached hydrogens (tertiary/aromatic N) is 2. The maximum absolute atomic E-state index is 12.4. The Bertz CT molecular complexity index is 1050. The van der Waals surface area contributed by atoms with Gasteiger partial charge in [-0.15, -0.1) is 0 Å². The van der Waals surface area contributed by atoms with Crippen molar-refractivity contribution >= 4 is 40.0 Å². The Morgan fingerprint density at radius 2 is 1.90 bits per heavy atom. The van der Waals surface area contributed by atoms with Gasteiger partial charge in [0.2, 0.25) is 0 Å². The molecule has 3 aromatic rings. The van der Waals surface area contributed by atoms with Gasteiger partial charge in [0.1, 0.15) is 0 Å². The van der Waals surface area contributed by atoms with Crippen LogP contribution in [0.4, 0.5) is 0 Å². The van der Waals surface area contributed by atoms with Gasteiger partial charge in [0.25, 0.3) is 0 Å². The SMILES string of the molecule is CC(Cc1ccc(Cl)cc1)NC(=S)N1CCC(n2c(=O)[nH]c3ccccc32)CC1. The van der Waals surface area contributed by atoms with Crippen LogP contribution in [0.25, 0.3) is 11.0 Å². The molecular formula is C22H25ClN4OS. The molecule has 4 rings (SSSR count). The maximum Gasteiger partial charge on any atom is 0.326 e. The zero-order chi connectivity index (χ0) is 20.4. The fourth-order valence-electron chi connectivity index (χ4n) is 4.09. The number of thiocarbonyl (C=S) groups is 1. The molecule has 2 heterocycles. The first-order valence-corrected chi connectivity index (χ1v) is 10.8.